The topological polar surface area (TPSA) is 85.3 Å². The number of carbonyl (C=O) groups excluding carboxylic acids is 1. The zero-order chi connectivity index (χ0) is 55.1. The van der Waals surface area contributed by atoms with Gasteiger partial charge in [-0.25, -0.2) is 0 Å². The smallest absolute Gasteiger partial charge is 0.193 e. The highest BCUT2D eigenvalue weighted by atomic mass is 31.2. The van der Waals surface area contributed by atoms with Gasteiger partial charge in [-0.15, -0.1) is 0 Å². The molecular formula is C69H62O5P4. The first kappa shape index (κ1) is 54.2. The van der Waals surface area contributed by atoms with Gasteiger partial charge in [-0.3, -0.25) is 4.79 Å². The Morgan fingerprint density at radius 1 is 0.205 bits per heavy atom. The van der Waals surface area contributed by atoms with Crippen LogP contribution < -0.4 is 63.7 Å². The summed E-state index contributed by atoms with van der Waals surface area (Å²) in [5.74, 6) is -0.515. The molecule has 0 saturated carbocycles. The van der Waals surface area contributed by atoms with Crippen LogP contribution in [0.1, 0.15) is 60.4 Å². The van der Waals surface area contributed by atoms with Crippen LogP contribution in [0.2, 0.25) is 0 Å². The van der Waals surface area contributed by atoms with Gasteiger partial charge in [0.2, 0.25) is 0 Å². The molecule has 0 radical (unpaired) electrons. The molecular weight excluding hydrogens is 1030 g/mol. The molecule has 10 rings (SSSR count). The molecule has 0 atom stereocenters. The molecule has 10 aromatic rings. The van der Waals surface area contributed by atoms with Gasteiger partial charge in [-0.2, -0.15) is 0 Å². The van der Waals surface area contributed by atoms with Crippen molar-refractivity contribution in [3.63, 3.8) is 0 Å². The van der Waals surface area contributed by atoms with E-state index in [2.05, 4.69) is 0 Å². The third kappa shape index (κ3) is 10.1. The van der Waals surface area contributed by atoms with Gasteiger partial charge < -0.3 is 18.3 Å². The van der Waals surface area contributed by atoms with Gasteiger partial charge in [0.15, 0.2) is 34.4 Å². The van der Waals surface area contributed by atoms with Gasteiger partial charge in [-0.1, -0.05) is 239 Å². The summed E-state index contributed by atoms with van der Waals surface area (Å²) in [5, 5.41) is 5.67. The van der Waals surface area contributed by atoms with Crippen molar-refractivity contribution < 1.29 is 23.1 Å². The van der Waals surface area contributed by atoms with Crippen LogP contribution >= 0.6 is 28.6 Å². The maximum atomic E-state index is 16.8. The normalized spacial score (nSPS) is 12.1. The van der Waals surface area contributed by atoms with Crippen molar-refractivity contribution in [3.8, 4) is 0 Å². The first-order chi connectivity index (χ1) is 37.3. The molecule has 0 aliphatic heterocycles. The quantitative estimate of drug-likeness (QED) is 0.0800. The molecule has 0 bridgehead atoms. The van der Waals surface area contributed by atoms with Gasteiger partial charge in [0, 0.05) is 74.8 Å². The number of benzene rings is 10. The van der Waals surface area contributed by atoms with E-state index < -0.39 is 34.4 Å². The van der Waals surface area contributed by atoms with Crippen LogP contribution in [0, 0.1) is 55.4 Å². The predicted octanol–water partition coefficient (Wildman–Crippen LogP) is 11.9. The summed E-state index contributed by atoms with van der Waals surface area (Å²) in [6, 6.07) is 71.3. The van der Waals surface area contributed by atoms with Crippen LogP contribution in [0.15, 0.2) is 231 Å². The van der Waals surface area contributed by atoms with Crippen LogP contribution in [-0.4, -0.2) is 5.78 Å². The van der Waals surface area contributed by atoms with E-state index in [1.807, 2.05) is 250 Å². The zero-order valence-electron chi connectivity index (χ0n) is 45.3. The van der Waals surface area contributed by atoms with Gasteiger partial charge in [0.05, 0.1) is 0 Å². The standard InChI is InChI=1S/C69H62O5P4/c1-47-9-25-57(26-10-47)75(71,58-27-11-48(2)12-28-58)65-41-55(42-66(45-65)76(72,59-29-13-49(3)14-30-59)60-31-15-50(4)16-32-60)69(70)56-43-67(77(73,61-33-17-51(5)18-34-61)62-35-19-52(6)20-36-62)46-68(44-56)78(74,63-37-21-53(7)22-38-63)64-39-23-54(8)24-40-64/h9-46H,1-8H3. The molecule has 0 aliphatic carbocycles. The van der Waals surface area contributed by atoms with Gasteiger partial charge in [0.1, 0.15) is 0 Å². The zero-order valence-corrected chi connectivity index (χ0v) is 48.8. The highest BCUT2D eigenvalue weighted by Crippen LogP contribution is 2.49. The van der Waals surface area contributed by atoms with Crippen LogP contribution in [0.25, 0.3) is 0 Å². The molecule has 10 aromatic carbocycles. The Bertz CT molecular complexity index is 3350. The van der Waals surface area contributed by atoms with Gasteiger partial charge in [0.25, 0.3) is 0 Å². The van der Waals surface area contributed by atoms with E-state index in [9.17, 15) is 0 Å². The summed E-state index contributed by atoms with van der Waals surface area (Å²) in [6.07, 6.45) is 0. The van der Waals surface area contributed by atoms with Crippen molar-refractivity contribution in [2.45, 2.75) is 55.4 Å². The lowest BCUT2D eigenvalue weighted by Gasteiger charge is -2.26. The van der Waals surface area contributed by atoms with Crippen molar-refractivity contribution in [3.05, 3.63) is 286 Å². The lowest BCUT2D eigenvalue weighted by molar-refractivity contribution is 0.103. The number of hydrogen-bond acceptors (Lipinski definition) is 5. The lowest BCUT2D eigenvalue weighted by Crippen LogP contribution is -2.33. The van der Waals surface area contributed by atoms with E-state index in [0.29, 0.717) is 63.7 Å². The van der Waals surface area contributed by atoms with Crippen molar-refractivity contribution >= 4 is 98.0 Å². The highest BCUT2D eigenvalue weighted by Gasteiger charge is 2.39. The molecule has 0 unspecified atom stereocenters. The molecule has 0 spiro atoms. The van der Waals surface area contributed by atoms with E-state index in [-0.39, 0.29) is 11.1 Å². The molecule has 0 aliphatic rings. The average Bonchev–Trinajstić information content (AvgIpc) is 3.54. The highest BCUT2D eigenvalue weighted by molar-refractivity contribution is 7.87. The summed E-state index contributed by atoms with van der Waals surface area (Å²) in [5.41, 5.74) is 8.12. The Kier molecular flexibility index (Phi) is 15.0. The first-order valence-electron chi connectivity index (χ1n) is 26.2. The SMILES string of the molecule is Cc1ccc(P(=O)(c2ccc(C)cc2)c2cc(C(=O)c3cc(P(=O)(c4ccc(C)cc4)c4ccc(C)cc4)cc(P(=O)(c4ccc(C)cc4)c4ccc(C)cc4)c3)cc(P(=O)(c3ccc(C)cc3)c3ccc(C)cc3)c2)cc1. The summed E-state index contributed by atoms with van der Waals surface area (Å²) in [4.78, 5) is 16.5. The Morgan fingerprint density at radius 3 is 0.462 bits per heavy atom. The molecule has 0 N–H and O–H groups in total. The van der Waals surface area contributed by atoms with Crippen LogP contribution in [0.3, 0.4) is 0 Å². The first-order valence-corrected chi connectivity index (χ1v) is 33.0. The summed E-state index contributed by atoms with van der Waals surface area (Å²) >= 11 is 0. The minimum Gasteiger partial charge on any atom is -0.309 e. The molecule has 388 valence electrons. The second-order valence-electron chi connectivity index (χ2n) is 20.9. The summed E-state index contributed by atoms with van der Waals surface area (Å²) in [6.45, 7) is 15.8. The third-order valence-electron chi connectivity index (χ3n) is 15.0. The Morgan fingerprint density at radius 2 is 0.333 bits per heavy atom. The van der Waals surface area contributed by atoms with Crippen molar-refractivity contribution in [2.24, 2.45) is 0 Å². The second-order valence-corrected chi connectivity index (χ2v) is 32.0. The largest absolute Gasteiger partial charge is 0.309 e. The van der Waals surface area contributed by atoms with Crippen LogP contribution in [0.5, 0.6) is 0 Å². The van der Waals surface area contributed by atoms with E-state index in [1.165, 1.54) is 0 Å². The lowest BCUT2D eigenvalue weighted by atomic mass is 10.0. The molecule has 0 saturated heterocycles. The number of rotatable bonds is 14. The van der Waals surface area contributed by atoms with Crippen molar-refractivity contribution in [2.75, 3.05) is 0 Å². The third-order valence-corrected chi connectivity index (χ3v) is 27.1. The molecule has 9 heteroatoms. The molecule has 0 heterocycles. The maximum Gasteiger partial charge on any atom is 0.193 e. The van der Waals surface area contributed by atoms with E-state index in [0.717, 1.165) is 44.5 Å². The van der Waals surface area contributed by atoms with E-state index in [1.54, 1.807) is 36.4 Å². The number of carbonyl (C=O) groups is 1. The molecule has 0 fully saturated rings. The van der Waals surface area contributed by atoms with E-state index in [4.69, 9.17) is 0 Å². The number of ketones is 1. The fourth-order valence-electron chi connectivity index (χ4n) is 10.2. The molecule has 78 heavy (non-hydrogen) atoms. The number of hydrogen-bond donors (Lipinski definition) is 0. The predicted molar refractivity (Wildman–Crippen MR) is 332 cm³/mol. The molecule has 0 amide bonds. The van der Waals surface area contributed by atoms with E-state index >= 15 is 23.1 Å². The average molecular weight is 1100 g/mol. The molecule has 0 aromatic heterocycles. The van der Waals surface area contributed by atoms with Gasteiger partial charge >= 0.3 is 0 Å². The minimum absolute atomic E-state index is 0.116. The minimum atomic E-state index is -3.88. The monoisotopic (exact) mass is 1090 g/mol. The van der Waals surface area contributed by atoms with Crippen LogP contribution in [0.4, 0.5) is 0 Å². The number of aryl methyl sites for hydroxylation is 8. The van der Waals surface area contributed by atoms with Crippen molar-refractivity contribution in [1.82, 2.24) is 0 Å². The van der Waals surface area contributed by atoms with Crippen molar-refractivity contribution in [1.29, 1.82) is 0 Å². The van der Waals surface area contributed by atoms with Crippen LogP contribution in [-0.2, 0) is 18.3 Å². The summed E-state index contributed by atoms with van der Waals surface area (Å²) in [7, 11) is -15.5. The Hall–Kier alpha value is -7.21. The van der Waals surface area contributed by atoms with Gasteiger partial charge in [-0.05, 0) is 91.8 Å². The second kappa shape index (κ2) is 21.6. The Balaban J connectivity index is 1.32. The fourth-order valence-corrected chi connectivity index (χ4v) is 21.1. The maximum absolute atomic E-state index is 16.8. The summed E-state index contributed by atoms with van der Waals surface area (Å²) < 4.78 is 67.3. The molecule has 5 nitrogen and oxygen atoms in total. The Labute approximate surface area is 460 Å². The fraction of sp³-hybridized carbons (Fsp3) is 0.116.